The van der Waals surface area contributed by atoms with Gasteiger partial charge in [-0.05, 0) is 33.6 Å². The lowest BCUT2D eigenvalue weighted by Crippen LogP contribution is -2.60. The van der Waals surface area contributed by atoms with E-state index in [0.717, 1.165) is 0 Å². The summed E-state index contributed by atoms with van der Waals surface area (Å²) >= 11 is 0. The average Bonchev–Trinajstić information content (AvgIpc) is 3.23. The second kappa shape index (κ2) is 26.3. The van der Waals surface area contributed by atoms with Crippen molar-refractivity contribution in [3.05, 3.63) is 0 Å². The van der Waals surface area contributed by atoms with E-state index >= 15 is 0 Å². The minimum Gasteiger partial charge on any atom is -0.394 e. The molecule has 0 bridgehead atoms. The summed E-state index contributed by atoms with van der Waals surface area (Å²) in [6.45, 7) is 7.07. The zero-order valence-electron chi connectivity index (χ0n) is 37.1. The summed E-state index contributed by atoms with van der Waals surface area (Å²) in [7, 11) is 0. The molecule has 3 fully saturated rings. The molecule has 0 spiro atoms. The molecule has 0 aromatic rings. The van der Waals surface area contributed by atoms with E-state index in [9.17, 15) is 60.3 Å². The molecule has 368 valence electrons. The monoisotopic (exact) mass is 915 g/mol. The summed E-state index contributed by atoms with van der Waals surface area (Å²) in [5.74, 6) is -3.29. The summed E-state index contributed by atoms with van der Waals surface area (Å²) in [6.07, 6.45) is -13.4. The first kappa shape index (κ1) is 55.2. The second-order valence-electron chi connectivity index (χ2n) is 17.7. The van der Waals surface area contributed by atoms with Crippen LogP contribution < -0.4 is 16.0 Å². The van der Waals surface area contributed by atoms with Gasteiger partial charge in [0.05, 0.1) is 63.5 Å². The molecule has 3 rings (SSSR count). The maximum atomic E-state index is 12.9. The highest BCUT2D eigenvalue weighted by Crippen LogP contribution is 2.29. The Morgan fingerprint density at radius 3 is 1.41 bits per heavy atom. The Morgan fingerprint density at radius 1 is 0.571 bits per heavy atom. The molecule has 3 aliphatic rings. The zero-order chi connectivity index (χ0) is 47.1. The van der Waals surface area contributed by atoms with Crippen LogP contribution in [0, 0.1) is 17.8 Å². The van der Waals surface area contributed by atoms with Gasteiger partial charge in [-0.1, -0.05) is 20.8 Å². The van der Waals surface area contributed by atoms with E-state index in [4.69, 9.17) is 37.9 Å². The van der Waals surface area contributed by atoms with E-state index in [0.29, 0.717) is 0 Å². The highest BCUT2D eigenvalue weighted by atomic mass is 16.7. The third-order valence-corrected chi connectivity index (χ3v) is 11.2. The van der Waals surface area contributed by atoms with Gasteiger partial charge in [-0.15, -0.1) is 0 Å². The number of aliphatic hydroxyl groups is 9. The second-order valence-corrected chi connectivity index (χ2v) is 17.7. The van der Waals surface area contributed by atoms with Crippen molar-refractivity contribution >= 4 is 17.6 Å². The highest BCUT2D eigenvalue weighted by molar-refractivity contribution is 5.79. The summed E-state index contributed by atoms with van der Waals surface area (Å²) in [5, 5.41) is 98.2. The number of ketones is 1. The van der Waals surface area contributed by atoms with Crippen LogP contribution in [0.1, 0.15) is 67.2 Å². The van der Waals surface area contributed by atoms with Crippen LogP contribution >= 0.6 is 0 Å². The fourth-order valence-electron chi connectivity index (χ4n) is 7.54. The van der Waals surface area contributed by atoms with E-state index in [1.54, 1.807) is 20.8 Å². The fourth-order valence-corrected chi connectivity index (χ4v) is 7.54. The predicted octanol–water partition coefficient (Wildman–Crippen LogP) is -4.30. The number of ether oxygens (including phenoxy) is 8. The first-order valence-corrected chi connectivity index (χ1v) is 21.4. The third-order valence-electron chi connectivity index (χ3n) is 11.2. The lowest BCUT2D eigenvalue weighted by atomic mass is 9.90. The largest absolute Gasteiger partial charge is 0.394 e. The topological polar surface area (TPSA) is 343 Å². The molecule has 23 heteroatoms. The molecule has 0 aliphatic carbocycles. The van der Waals surface area contributed by atoms with Gasteiger partial charge in [0, 0.05) is 36.1 Å². The molecule has 12 N–H and O–H groups in total. The van der Waals surface area contributed by atoms with Crippen LogP contribution in [0.5, 0.6) is 0 Å². The Hall–Kier alpha value is -2.11. The molecular weight excluding hydrogens is 842 g/mol. The lowest BCUT2D eigenvalue weighted by Gasteiger charge is -2.41. The number of rotatable bonds is 26. The zero-order valence-corrected chi connectivity index (χ0v) is 37.1. The molecule has 0 aromatic carbocycles. The Bertz CT molecular complexity index is 1230. The fraction of sp³-hybridized carbons (Fsp3) is 0.925. The van der Waals surface area contributed by atoms with E-state index in [1.807, 2.05) is 20.8 Å². The predicted molar refractivity (Wildman–Crippen MR) is 216 cm³/mol. The molecule has 0 radical (unpaired) electrons. The summed E-state index contributed by atoms with van der Waals surface area (Å²) in [4.78, 5) is 38.7. The smallest absolute Gasteiger partial charge is 0.247 e. The Labute approximate surface area is 367 Å². The van der Waals surface area contributed by atoms with Gasteiger partial charge >= 0.3 is 0 Å². The number of hydrogen-bond acceptors (Lipinski definition) is 21. The number of hydrogen-bond donors (Lipinski definition) is 12. The third kappa shape index (κ3) is 16.9. The van der Waals surface area contributed by atoms with Crippen molar-refractivity contribution in [3.8, 4) is 0 Å². The van der Waals surface area contributed by atoms with Crippen LogP contribution in [-0.4, -0.2) is 215 Å². The van der Waals surface area contributed by atoms with Crippen molar-refractivity contribution in [2.75, 3.05) is 66.3 Å². The molecule has 16 atom stereocenters. The molecule has 23 nitrogen and oxygen atoms in total. The van der Waals surface area contributed by atoms with Gasteiger partial charge < -0.3 is 99.8 Å². The number of Topliss-reactive ketones (excluding diaryl/α,β-unsaturated/α-hetero) is 1. The van der Waals surface area contributed by atoms with Crippen molar-refractivity contribution in [3.63, 3.8) is 0 Å². The number of carbonyl (C=O) groups is 3. The van der Waals surface area contributed by atoms with Gasteiger partial charge in [-0.25, -0.2) is 0 Å². The molecule has 7 unspecified atom stereocenters. The van der Waals surface area contributed by atoms with Gasteiger partial charge in [-0.2, -0.15) is 0 Å². The van der Waals surface area contributed by atoms with Crippen molar-refractivity contribution in [1.82, 2.24) is 16.0 Å². The van der Waals surface area contributed by atoms with Crippen LogP contribution in [0.15, 0.2) is 0 Å². The van der Waals surface area contributed by atoms with Crippen molar-refractivity contribution in [1.29, 1.82) is 0 Å². The van der Waals surface area contributed by atoms with Gasteiger partial charge in [0.15, 0.2) is 24.7 Å². The van der Waals surface area contributed by atoms with Crippen LogP contribution in [0.4, 0.5) is 0 Å². The summed E-state index contributed by atoms with van der Waals surface area (Å²) in [5.41, 5.74) is -1.63. The standard InChI is InChI=1S/C40H73N3O20/c1-21-30(50)33(53)25(12-44)61-36(21)58-11-9-24(47)15-56-17-40(43-39(4,5)6,10-7-8-28(48)41-19-59-37-22(2)31(51)34(54)26(13-45)62-37)18-57-16-29(49)42-20-60-38-23(3)32(52)35(55)27(14-46)63-38/h21-23,25-27,30-38,43-46,50-55H,7-20H2,1-6H3,(H,41,48)(H,42,49)/t21?,22?,23?,25?,26?,27?,30-,31-,32-,33+,34+,35+,36-,37-,38-,40?/m1/s1. The molecule has 3 saturated heterocycles. The Morgan fingerprint density at radius 2 is 0.984 bits per heavy atom. The minimum atomic E-state index is -1.31. The Kier molecular flexibility index (Phi) is 23.0. The maximum Gasteiger partial charge on any atom is 0.247 e. The number of aliphatic hydroxyl groups excluding tert-OH is 9. The lowest BCUT2D eigenvalue weighted by molar-refractivity contribution is -0.283. The van der Waals surface area contributed by atoms with Crippen molar-refractivity contribution < 1.29 is 98.2 Å². The van der Waals surface area contributed by atoms with E-state index in [1.165, 1.54) is 0 Å². The molecule has 3 heterocycles. The van der Waals surface area contributed by atoms with Gasteiger partial charge in [0.1, 0.15) is 63.3 Å². The maximum absolute atomic E-state index is 12.9. The van der Waals surface area contributed by atoms with E-state index < -0.39 is 141 Å². The molecule has 0 saturated carbocycles. The summed E-state index contributed by atoms with van der Waals surface area (Å²) < 4.78 is 45.3. The quantitative estimate of drug-likeness (QED) is 0.0365. The van der Waals surface area contributed by atoms with E-state index in [2.05, 4.69) is 16.0 Å². The SMILES string of the molecule is CC1[C@H](OCCC(=O)COCC(CCCC(=O)NCO[C@@H]2OC(CO)[C@H](O)[C@H](O)C2C)(COCC(=O)NCO[C@@H]2OC(CO)[C@H](O)[C@H](O)C2C)NC(C)(C)C)OC(CO)[C@H](O)[C@@H]1O. The average molecular weight is 916 g/mol. The highest BCUT2D eigenvalue weighted by Gasteiger charge is 2.45. The molecule has 63 heavy (non-hydrogen) atoms. The molecular formula is C40H73N3O20. The number of nitrogens with one attached hydrogen (secondary N) is 3. The van der Waals surface area contributed by atoms with Crippen LogP contribution in [0.25, 0.3) is 0 Å². The van der Waals surface area contributed by atoms with Crippen LogP contribution in [0.2, 0.25) is 0 Å². The number of amides is 2. The number of carbonyl (C=O) groups excluding carboxylic acids is 3. The molecule has 2 amide bonds. The van der Waals surface area contributed by atoms with Crippen LogP contribution in [0.3, 0.4) is 0 Å². The molecule has 3 aliphatic heterocycles. The first-order valence-electron chi connectivity index (χ1n) is 21.4. The van der Waals surface area contributed by atoms with Crippen LogP contribution in [-0.2, 0) is 52.3 Å². The van der Waals surface area contributed by atoms with E-state index in [-0.39, 0.29) is 71.4 Å². The normalized spacial score (nSPS) is 34.9. The molecule has 0 aromatic heterocycles. The van der Waals surface area contributed by atoms with Gasteiger partial charge in [0.25, 0.3) is 0 Å². The Balaban J connectivity index is 1.59. The minimum absolute atomic E-state index is 0.00174. The van der Waals surface area contributed by atoms with Crippen molar-refractivity contribution in [2.24, 2.45) is 17.8 Å². The summed E-state index contributed by atoms with van der Waals surface area (Å²) in [6, 6.07) is 0. The van der Waals surface area contributed by atoms with Crippen molar-refractivity contribution in [2.45, 2.75) is 152 Å². The van der Waals surface area contributed by atoms with Gasteiger partial charge in [-0.3, -0.25) is 14.4 Å². The first-order chi connectivity index (χ1) is 29.7. The van der Waals surface area contributed by atoms with Gasteiger partial charge in [0.2, 0.25) is 11.8 Å².